The van der Waals surface area contributed by atoms with E-state index >= 15 is 0 Å². The first kappa shape index (κ1) is 18.8. The molecular formula is C13H12Cl2N2O5S2. The van der Waals surface area contributed by atoms with E-state index in [-0.39, 0.29) is 31.3 Å². The first-order valence-electron chi connectivity index (χ1n) is 6.23. The standard InChI is InChI=1S/C13H12Cl2N2O5S2/c1-22-12-3-2-10(7-13(12)23(16,18)19)17-24(20,21)11-5-8(14)4-9(15)6-11/h2-7,17H,1H3,(H2,16,18,19). The molecule has 0 saturated heterocycles. The van der Waals surface area contributed by atoms with Crippen LogP contribution in [0.15, 0.2) is 46.2 Å². The SMILES string of the molecule is COc1ccc(NS(=O)(=O)c2cc(Cl)cc(Cl)c2)cc1S(N)(=O)=O. The smallest absolute Gasteiger partial charge is 0.261 e. The van der Waals surface area contributed by atoms with E-state index in [1.54, 1.807) is 0 Å². The van der Waals surface area contributed by atoms with Gasteiger partial charge >= 0.3 is 0 Å². The van der Waals surface area contributed by atoms with Gasteiger partial charge in [0.1, 0.15) is 10.6 Å². The maximum atomic E-state index is 12.4. The molecule has 0 spiro atoms. The molecule has 0 unspecified atom stereocenters. The molecule has 0 heterocycles. The summed E-state index contributed by atoms with van der Waals surface area (Å²) < 4.78 is 55.0. The van der Waals surface area contributed by atoms with Gasteiger partial charge in [0, 0.05) is 10.0 Å². The zero-order chi connectivity index (χ0) is 18.1. The average molecular weight is 411 g/mol. The number of nitrogens with two attached hydrogens (primary N) is 1. The Balaban J connectivity index is 2.47. The summed E-state index contributed by atoms with van der Waals surface area (Å²) in [4.78, 5) is -0.526. The minimum Gasteiger partial charge on any atom is -0.495 e. The zero-order valence-corrected chi connectivity index (χ0v) is 15.3. The van der Waals surface area contributed by atoms with Crippen LogP contribution in [0.5, 0.6) is 5.75 Å². The largest absolute Gasteiger partial charge is 0.495 e. The van der Waals surface area contributed by atoms with Crippen LogP contribution in [0.3, 0.4) is 0 Å². The highest BCUT2D eigenvalue weighted by molar-refractivity contribution is 7.92. The zero-order valence-electron chi connectivity index (χ0n) is 12.2. The molecule has 0 amide bonds. The molecule has 0 aromatic heterocycles. The van der Waals surface area contributed by atoms with Gasteiger partial charge in [0.25, 0.3) is 10.0 Å². The predicted molar refractivity (Wildman–Crippen MR) is 91.6 cm³/mol. The summed E-state index contributed by atoms with van der Waals surface area (Å²) in [5, 5.41) is 5.38. The monoisotopic (exact) mass is 410 g/mol. The number of ether oxygens (including phenoxy) is 1. The maximum Gasteiger partial charge on any atom is 0.261 e. The number of anilines is 1. The second-order valence-corrected chi connectivity index (χ2v) is 8.71. The van der Waals surface area contributed by atoms with Crippen LogP contribution in [0.25, 0.3) is 0 Å². The van der Waals surface area contributed by atoms with Crippen molar-refractivity contribution in [1.29, 1.82) is 0 Å². The molecule has 0 aliphatic rings. The van der Waals surface area contributed by atoms with Crippen LogP contribution in [-0.2, 0) is 20.0 Å². The maximum absolute atomic E-state index is 12.4. The summed E-state index contributed by atoms with van der Waals surface area (Å²) in [5.74, 6) is -0.00810. The number of hydrogen-bond donors (Lipinski definition) is 2. The predicted octanol–water partition coefficient (Wildman–Crippen LogP) is 2.45. The molecule has 0 aliphatic heterocycles. The Morgan fingerprint density at radius 2 is 1.58 bits per heavy atom. The summed E-state index contributed by atoms with van der Waals surface area (Å²) in [6.45, 7) is 0. The second kappa shape index (κ2) is 6.77. The Hall–Kier alpha value is -1.52. The minimum atomic E-state index is -4.10. The molecular weight excluding hydrogens is 399 g/mol. The molecule has 0 bridgehead atoms. The molecule has 0 fully saturated rings. The van der Waals surface area contributed by atoms with Gasteiger partial charge < -0.3 is 4.74 Å². The molecule has 2 aromatic carbocycles. The van der Waals surface area contributed by atoms with Gasteiger partial charge in [0.05, 0.1) is 17.7 Å². The average Bonchev–Trinajstić information content (AvgIpc) is 2.45. The summed E-state index contributed by atoms with van der Waals surface area (Å²) >= 11 is 11.6. The number of methoxy groups -OCH3 is 1. The highest BCUT2D eigenvalue weighted by Crippen LogP contribution is 2.28. The fourth-order valence-electron chi connectivity index (χ4n) is 1.86. The summed E-state index contributed by atoms with van der Waals surface area (Å²) in [5.41, 5.74) is -0.0177. The van der Waals surface area contributed by atoms with Gasteiger partial charge in [-0.05, 0) is 36.4 Å². The molecule has 0 saturated carbocycles. The molecule has 11 heteroatoms. The van der Waals surface area contributed by atoms with E-state index in [0.29, 0.717) is 0 Å². The lowest BCUT2D eigenvalue weighted by molar-refractivity contribution is 0.403. The molecule has 130 valence electrons. The Morgan fingerprint density at radius 1 is 1.00 bits per heavy atom. The van der Waals surface area contributed by atoms with Gasteiger partial charge in [0.15, 0.2) is 0 Å². The molecule has 7 nitrogen and oxygen atoms in total. The van der Waals surface area contributed by atoms with Crippen LogP contribution in [0, 0.1) is 0 Å². The normalized spacial score (nSPS) is 12.0. The van der Waals surface area contributed by atoms with Gasteiger partial charge in [-0.2, -0.15) is 0 Å². The van der Waals surface area contributed by atoms with Crippen molar-refractivity contribution in [1.82, 2.24) is 0 Å². The van der Waals surface area contributed by atoms with E-state index in [0.717, 1.165) is 6.07 Å². The fraction of sp³-hybridized carbons (Fsp3) is 0.0769. The van der Waals surface area contributed by atoms with Crippen molar-refractivity contribution in [2.45, 2.75) is 9.79 Å². The molecule has 3 N–H and O–H groups in total. The number of halogens is 2. The minimum absolute atomic E-state index is 0.00810. The molecule has 0 radical (unpaired) electrons. The fourth-order valence-corrected chi connectivity index (χ4v) is 4.36. The van der Waals surface area contributed by atoms with Crippen LogP contribution in [-0.4, -0.2) is 23.9 Å². The summed E-state index contributed by atoms with van der Waals surface area (Å²) in [6, 6.07) is 7.46. The molecule has 0 aliphatic carbocycles. The van der Waals surface area contributed by atoms with Crippen molar-refractivity contribution in [2.75, 3.05) is 11.8 Å². The van der Waals surface area contributed by atoms with Crippen LogP contribution >= 0.6 is 23.2 Å². The first-order chi connectivity index (χ1) is 11.0. The Labute approximate surface area is 149 Å². The summed E-state index contributed by atoms with van der Waals surface area (Å²) in [6.07, 6.45) is 0. The van der Waals surface area contributed by atoms with Crippen LogP contribution < -0.4 is 14.6 Å². The van der Waals surface area contributed by atoms with Crippen molar-refractivity contribution in [3.8, 4) is 5.75 Å². The van der Waals surface area contributed by atoms with E-state index in [9.17, 15) is 16.8 Å². The van der Waals surface area contributed by atoms with Gasteiger partial charge in [-0.3, -0.25) is 4.72 Å². The Bertz CT molecular complexity index is 971. The van der Waals surface area contributed by atoms with E-state index in [4.69, 9.17) is 33.1 Å². The van der Waals surface area contributed by atoms with Gasteiger partial charge in [-0.15, -0.1) is 0 Å². The van der Waals surface area contributed by atoms with Crippen molar-refractivity contribution in [3.63, 3.8) is 0 Å². The lowest BCUT2D eigenvalue weighted by atomic mass is 10.3. The van der Waals surface area contributed by atoms with E-state index in [1.807, 2.05) is 0 Å². The van der Waals surface area contributed by atoms with Gasteiger partial charge in [0.2, 0.25) is 10.0 Å². The topological polar surface area (TPSA) is 116 Å². The lowest BCUT2D eigenvalue weighted by Crippen LogP contribution is -2.16. The van der Waals surface area contributed by atoms with Gasteiger partial charge in [-0.25, -0.2) is 22.0 Å². The number of nitrogens with one attached hydrogen (secondary N) is 1. The van der Waals surface area contributed by atoms with Crippen LogP contribution in [0.1, 0.15) is 0 Å². The number of benzene rings is 2. The first-order valence-corrected chi connectivity index (χ1v) is 10.0. The summed E-state index contributed by atoms with van der Waals surface area (Å²) in [7, 11) is -6.87. The number of sulfonamides is 2. The highest BCUT2D eigenvalue weighted by Gasteiger charge is 2.20. The lowest BCUT2D eigenvalue weighted by Gasteiger charge is -2.12. The molecule has 2 aromatic rings. The van der Waals surface area contributed by atoms with Crippen molar-refractivity contribution >= 4 is 48.9 Å². The third kappa shape index (κ3) is 4.31. The number of primary sulfonamides is 1. The number of hydrogen-bond acceptors (Lipinski definition) is 5. The van der Waals surface area contributed by atoms with E-state index in [2.05, 4.69) is 4.72 Å². The van der Waals surface area contributed by atoms with E-state index in [1.165, 1.54) is 37.4 Å². The van der Waals surface area contributed by atoms with Crippen molar-refractivity contribution in [2.24, 2.45) is 5.14 Å². The quantitative estimate of drug-likeness (QED) is 0.784. The third-order valence-electron chi connectivity index (χ3n) is 2.87. The van der Waals surface area contributed by atoms with Crippen molar-refractivity contribution in [3.05, 3.63) is 46.4 Å². The molecule has 2 rings (SSSR count). The molecule has 24 heavy (non-hydrogen) atoms. The Kier molecular flexibility index (Phi) is 5.31. The van der Waals surface area contributed by atoms with Crippen molar-refractivity contribution < 1.29 is 21.6 Å². The van der Waals surface area contributed by atoms with Crippen LogP contribution in [0.2, 0.25) is 10.0 Å². The highest BCUT2D eigenvalue weighted by atomic mass is 35.5. The van der Waals surface area contributed by atoms with Gasteiger partial charge in [-0.1, -0.05) is 23.2 Å². The molecule has 0 atom stereocenters. The third-order valence-corrected chi connectivity index (χ3v) is 5.60. The second-order valence-electron chi connectivity index (χ2n) is 4.62. The Morgan fingerprint density at radius 3 is 2.08 bits per heavy atom. The van der Waals surface area contributed by atoms with Crippen LogP contribution in [0.4, 0.5) is 5.69 Å². The number of rotatable bonds is 5. The van der Waals surface area contributed by atoms with E-state index < -0.39 is 20.0 Å².